The van der Waals surface area contributed by atoms with Gasteiger partial charge in [-0.25, -0.2) is 9.18 Å². The molecule has 6 rings (SSSR count). The summed E-state index contributed by atoms with van der Waals surface area (Å²) < 4.78 is 42.5. The van der Waals surface area contributed by atoms with Crippen molar-refractivity contribution in [2.45, 2.75) is 155 Å². The Morgan fingerprint density at radius 2 is 1.79 bits per heavy atom. The SMILES string of the molecule is CC1=C(/C=C/C(C)=C/C=C/C(C)=C/C(=O)OCC(=O)[C@@]23OC(C)(C)O[C@@H]2C[C@H]2[C@@H]4CC(C=O)=C5C=C(OC(C)Cl)CC[C@]5(C)[C@@]4(F)[C@@H](O)C[C@@]23C)C(C)(C)CCC1. The molecule has 0 radical (unpaired) electrons. The van der Waals surface area contributed by atoms with Crippen molar-refractivity contribution in [1.82, 2.24) is 0 Å². The molecule has 0 bridgehead atoms. The number of hydrogen-bond donors (Lipinski definition) is 1. The van der Waals surface area contributed by atoms with E-state index in [1.165, 1.54) is 30.1 Å². The highest BCUT2D eigenvalue weighted by molar-refractivity contribution is 6.19. The first kappa shape index (κ1) is 43.5. The third-order valence-electron chi connectivity index (χ3n) is 14.3. The molecule has 5 aliphatic carbocycles. The molecule has 10 heteroatoms. The Balaban J connectivity index is 1.20. The summed E-state index contributed by atoms with van der Waals surface area (Å²) in [5.74, 6) is -3.10. The van der Waals surface area contributed by atoms with Crippen molar-refractivity contribution >= 4 is 29.6 Å². The Morgan fingerprint density at radius 1 is 1.07 bits per heavy atom. The van der Waals surface area contributed by atoms with E-state index in [0.29, 0.717) is 35.3 Å². The number of ether oxygens (including phenoxy) is 4. The van der Waals surface area contributed by atoms with Crippen molar-refractivity contribution in [1.29, 1.82) is 0 Å². The van der Waals surface area contributed by atoms with Crippen molar-refractivity contribution in [3.63, 3.8) is 0 Å². The largest absolute Gasteiger partial charge is 0.479 e. The number of fused-ring (bicyclic) bond motifs is 7. The lowest BCUT2D eigenvalue weighted by atomic mass is 9.44. The molecular weight excluding hydrogens is 747 g/mol. The number of aliphatic hydroxyl groups is 1. The first-order valence-corrected chi connectivity index (χ1v) is 21.0. The molecule has 0 aromatic carbocycles. The second-order valence-electron chi connectivity index (χ2n) is 19.0. The van der Waals surface area contributed by atoms with E-state index >= 15 is 4.39 Å². The summed E-state index contributed by atoms with van der Waals surface area (Å²) in [6.45, 7) is 18.8. The third kappa shape index (κ3) is 7.42. The molecule has 1 saturated heterocycles. The summed E-state index contributed by atoms with van der Waals surface area (Å²) in [6, 6.07) is 0. The second kappa shape index (κ2) is 15.5. The van der Waals surface area contributed by atoms with Gasteiger partial charge in [-0.1, -0.05) is 80.8 Å². The quantitative estimate of drug-likeness (QED) is 0.0723. The average Bonchev–Trinajstić information content (AvgIpc) is 3.52. The molecule has 2 saturated carbocycles. The summed E-state index contributed by atoms with van der Waals surface area (Å²) in [7, 11) is 0. The van der Waals surface area contributed by atoms with Crippen LogP contribution in [0.1, 0.15) is 121 Å². The van der Waals surface area contributed by atoms with Crippen LogP contribution in [0.15, 0.2) is 81.7 Å². The Hall–Kier alpha value is -3.11. The van der Waals surface area contributed by atoms with E-state index in [4.69, 9.17) is 30.5 Å². The summed E-state index contributed by atoms with van der Waals surface area (Å²) in [5, 5.41) is 12.1. The van der Waals surface area contributed by atoms with Crippen LogP contribution in [-0.4, -0.2) is 64.6 Å². The van der Waals surface area contributed by atoms with E-state index in [-0.39, 0.29) is 24.7 Å². The molecule has 1 aliphatic heterocycles. The molecule has 6 aliphatic rings. The highest BCUT2D eigenvalue weighted by Crippen LogP contribution is 2.73. The number of rotatable bonds is 11. The number of alkyl halides is 2. The van der Waals surface area contributed by atoms with E-state index in [0.717, 1.165) is 18.3 Å². The minimum atomic E-state index is -2.12. The van der Waals surface area contributed by atoms with Gasteiger partial charge in [-0.15, -0.1) is 0 Å². The van der Waals surface area contributed by atoms with Crippen molar-refractivity contribution < 1.29 is 42.8 Å². The van der Waals surface area contributed by atoms with Gasteiger partial charge in [0, 0.05) is 29.2 Å². The Labute approximate surface area is 343 Å². The van der Waals surface area contributed by atoms with E-state index in [2.05, 4.69) is 32.9 Å². The van der Waals surface area contributed by atoms with Crippen LogP contribution >= 0.6 is 11.6 Å². The maximum Gasteiger partial charge on any atom is 0.331 e. The lowest BCUT2D eigenvalue weighted by Crippen LogP contribution is -2.70. The normalized spacial score (nSPS) is 38.0. The smallest absolute Gasteiger partial charge is 0.331 e. The summed E-state index contributed by atoms with van der Waals surface area (Å²) in [4.78, 5) is 40.3. The van der Waals surface area contributed by atoms with Crippen molar-refractivity contribution in [3.8, 4) is 0 Å². The lowest BCUT2D eigenvalue weighted by molar-refractivity contribution is -0.248. The predicted molar refractivity (Wildman–Crippen MR) is 219 cm³/mol. The first-order chi connectivity index (χ1) is 26.5. The number of aldehydes is 1. The molecule has 57 heavy (non-hydrogen) atoms. The van der Waals surface area contributed by atoms with Crippen LogP contribution in [0.3, 0.4) is 0 Å². The Bertz CT molecular complexity index is 1900. The van der Waals surface area contributed by atoms with Crippen LogP contribution < -0.4 is 0 Å². The fourth-order valence-electron chi connectivity index (χ4n) is 11.6. The maximum atomic E-state index is 18.2. The van der Waals surface area contributed by atoms with Gasteiger partial charge in [0.2, 0.25) is 5.78 Å². The number of aliphatic hydroxyl groups excluding tert-OH is 1. The van der Waals surface area contributed by atoms with Crippen LogP contribution in [-0.2, 0) is 33.3 Å². The summed E-state index contributed by atoms with van der Waals surface area (Å²) in [5.41, 5.74) is -0.990. The fraction of sp³-hybridized carbons (Fsp3) is 0.638. The van der Waals surface area contributed by atoms with Crippen LogP contribution in [0.25, 0.3) is 0 Å². The van der Waals surface area contributed by atoms with Gasteiger partial charge in [0.05, 0.1) is 18.0 Å². The van der Waals surface area contributed by atoms with Crippen LogP contribution in [0, 0.1) is 28.1 Å². The fourth-order valence-corrected chi connectivity index (χ4v) is 11.8. The van der Waals surface area contributed by atoms with Gasteiger partial charge in [-0.05, 0) is 126 Å². The molecule has 3 fully saturated rings. The zero-order valence-corrected chi connectivity index (χ0v) is 36.2. The van der Waals surface area contributed by atoms with Crippen LogP contribution in [0.2, 0.25) is 0 Å². The van der Waals surface area contributed by atoms with E-state index in [1.54, 1.807) is 40.7 Å². The minimum Gasteiger partial charge on any atom is -0.479 e. The van der Waals surface area contributed by atoms with Gasteiger partial charge in [0.25, 0.3) is 0 Å². The standard InChI is InChI=1S/C47H62ClFO8/c1-28(16-17-34-30(3)15-12-19-42(34,5)6)13-11-14-29(2)21-41(53)54-27-39(52)47-40(56-43(7,8)57-47)24-36-37-22-32(26-50)35-23-33(55-31(4)48)18-20-44(35,9)46(37,49)38(51)25-45(36,47)10/h11,13-14,16-17,21,23,26,31,36-38,40,51H,12,15,18-20,22,24-25,27H2,1-10H3/b14-11+,17-16+,28-13+,29-21+/t31?,36-,37-,38-,40+,44-,45-,46-,47+/m0/s1. The number of ketones is 1. The van der Waals surface area contributed by atoms with Gasteiger partial charge in [0.15, 0.2) is 23.6 Å². The number of halogens is 2. The van der Waals surface area contributed by atoms with Crippen LogP contribution in [0.4, 0.5) is 4.39 Å². The molecular formula is C47H62ClFO8. The van der Waals surface area contributed by atoms with Crippen molar-refractivity contribution in [2.24, 2.45) is 28.1 Å². The van der Waals surface area contributed by atoms with Gasteiger partial charge >= 0.3 is 5.97 Å². The Morgan fingerprint density at radius 3 is 2.46 bits per heavy atom. The molecule has 1 heterocycles. The number of esters is 1. The summed E-state index contributed by atoms with van der Waals surface area (Å²) in [6.07, 6.45) is 16.0. The van der Waals surface area contributed by atoms with Crippen LogP contribution in [0.5, 0.6) is 0 Å². The number of hydrogen-bond acceptors (Lipinski definition) is 8. The highest BCUT2D eigenvalue weighted by Gasteiger charge is 2.80. The molecule has 8 nitrogen and oxygen atoms in total. The number of Topliss-reactive ketones (excluding diaryl/α,β-unsaturated/α-hetero) is 1. The zero-order valence-electron chi connectivity index (χ0n) is 35.4. The molecule has 0 amide bonds. The minimum absolute atomic E-state index is 0.0658. The molecule has 1 unspecified atom stereocenters. The van der Waals surface area contributed by atoms with Gasteiger partial charge in [-0.3, -0.25) is 9.59 Å². The average molecular weight is 809 g/mol. The van der Waals surface area contributed by atoms with Crippen molar-refractivity contribution in [2.75, 3.05) is 6.61 Å². The molecule has 0 aromatic rings. The monoisotopic (exact) mass is 808 g/mol. The number of carbonyl (C=O) groups is 3. The van der Waals surface area contributed by atoms with Gasteiger partial charge in [0.1, 0.15) is 12.0 Å². The second-order valence-corrected chi connectivity index (χ2v) is 19.6. The maximum absolute atomic E-state index is 18.2. The molecule has 9 atom stereocenters. The Kier molecular flexibility index (Phi) is 11.8. The highest BCUT2D eigenvalue weighted by atomic mass is 35.5. The first-order valence-electron chi connectivity index (χ1n) is 20.6. The van der Waals surface area contributed by atoms with E-state index in [1.807, 2.05) is 32.1 Å². The zero-order chi connectivity index (χ0) is 41.9. The molecule has 0 spiro atoms. The number of carbonyl (C=O) groups excluding carboxylic acids is 3. The van der Waals surface area contributed by atoms with Gasteiger partial charge in [-0.2, -0.15) is 0 Å². The number of allylic oxidation sites excluding steroid dienone is 13. The van der Waals surface area contributed by atoms with E-state index in [9.17, 15) is 19.5 Å². The van der Waals surface area contributed by atoms with Crippen molar-refractivity contribution in [3.05, 3.63) is 81.7 Å². The predicted octanol–water partition coefficient (Wildman–Crippen LogP) is 9.82. The topological polar surface area (TPSA) is 108 Å². The van der Waals surface area contributed by atoms with Gasteiger partial charge < -0.3 is 24.1 Å². The lowest BCUT2D eigenvalue weighted by Gasteiger charge is -2.63. The molecule has 0 aromatic heterocycles. The summed E-state index contributed by atoms with van der Waals surface area (Å²) >= 11 is 6.11. The molecule has 312 valence electrons. The third-order valence-corrected chi connectivity index (χ3v) is 14.4. The molecule has 1 N–H and O–H groups in total. The van der Waals surface area contributed by atoms with E-state index < -0.39 is 75.9 Å².